The van der Waals surface area contributed by atoms with Gasteiger partial charge in [0.25, 0.3) is 0 Å². The molecule has 0 aliphatic heterocycles. The van der Waals surface area contributed by atoms with Crippen molar-refractivity contribution < 1.29 is 4.39 Å². The summed E-state index contributed by atoms with van der Waals surface area (Å²) in [5, 5.41) is 2.25. The van der Waals surface area contributed by atoms with Crippen molar-refractivity contribution in [3.63, 3.8) is 0 Å². The fraction of sp³-hybridized carbons (Fsp3) is 0.211. The van der Waals surface area contributed by atoms with Crippen LogP contribution in [-0.4, -0.2) is 4.57 Å². The minimum atomic E-state index is -0.246. The van der Waals surface area contributed by atoms with Crippen LogP contribution < -0.4 is 0 Å². The Morgan fingerprint density at radius 2 is 0.538 bits per heavy atom. The molecule has 0 aliphatic rings. The summed E-state index contributed by atoms with van der Waals surface area (Å²) in [5.41, 5.74) is 23.7. The predicted octanol–water partition coefficient (Wildman–Crippen LogP) is 21.8. The molecule has 0 radical (unpaired) electrons. The lowest BCUT2D eigenvalue weighted by molar-refractivity contribution is 0.591. The fourth-order valence-electron chi connectivity index (χ4n) is 12.0. The molecule has 1 aromatic heterocycles. The van der Waals surface area contributed by atoms with Crippen molar-refractivity contribution in [1.82, 2.24) is 4.57 Å². The molecule has 0 unspecified atom stereocenters. The number of aromatic nitrogens is 1. The highest BCUT2D eigenvalue weighted by Crippen LogP contribution is 2.46. The van der Waals surface area contributed by atoms with Gasteiger partial charge in [0.05, 0.1) is 16.7 Å². The molecule has 11 aromatic rings. The predicted molar refractivity (Wildman–Crippen MR) is 334 cm³/mol. The van der Waals surface area contributed by atoms with Crippen molar-refractivity contribution in [2.75, 3.05) is 0 Å². The summed E-state index contributed by atoms with van der Waals surface area (Å²) in [6.07, 6.45) is 0. The van der Waals surface area contributed by atoms with Crippen LogP contribution in [0.2, 0.25) is 0 Å². The summed E-state index contributed by atoms with van der Waals surface area (Å²) in [5.74, 6) is -0.246. The highest BCUT2D eigenvalue weighted by Gasteiger charge is 2.26. The molecule has 0 saturated heterocycles. The van der Waals surface area contributed by atoms with Gasteiger partial charge in [-0.2, -0.15) is 0 Å². The van der Waals surface area contributed by atoms with Crippen LogP contribution in [0, 0.1) is 5.82 Å². The minimum Gasteiger partial charge on any atom is -0.309 e. The Balaban J connectivity index is 1.20. The van der Waals surface area contributed by atoms with Gasteiger partial charge in [0.1, 0.15) is 5.82 Å². The van der Waals surface area contributed by atoms with Gasteiger partial charge in [-0.25, -0.2) is 4.39 Å². The second kappa shape index (κ2) is 19.7. The van der Waals surface area contributed by atoms with E-state index in [0.717, 1.165) is 55.3 Å². The summed E-state index contributed by atoms with van der Waals surface area (Å²) < 4.78 is 18.3. The summed E-state index contributed by atoms with van der Waals surface area (Å²) in [6.45, 7) is 27.7. The molecule has 0 saturated carbocycles. The smallest absolute Gasteiger partial charge is 0.131 e. The summed E-state index contributed by atoms with van der Waals surface area (Å²) in [6, 6.07) is 79.3. The molecular weight excluding hydrogens is 946 g/mol. The van der Waals surface area contributed by atoms with Crippen molar-refractivity contribution in [3.05, 3.63) is 246 Å². The number of hydrogen-bond donors (Lipinski definition) is 0. The van der Waals surface area contributed by atoms with Gasteiger partial charge < -0.3 is 4.57 Å². The molecule has 0 atom stereocenters. The summed E-state index contributed by atoms with van der Waals surface area (Å²) >= 11 is 0. The van der Waals surface area contributed by atoms with E-state index in [1.807, 2.05) is 24.3 Å². The number of halogens is 1. The zero-order chi connectivity index (χ0) is 54.9. The molecule has 10 aromatic carbocycles. The molecule has 0 bridgehead atoms. The van der Waals surface area contributed by atoms with E-state index in [1.165, 1.54) is 66.8 Å². The van der Waals surface area contributed by atoms with Gasteiger partial charge >= 0.3 is 0 Å². The third kappa shape index (κ3) is 9.83. The SMILES string of the molecule is CC(C)(C)c1ccccc1-c1cc(-c2ccc3c(c2)c2cc(-c4cc(-c5ccccc5C(C)(C)C)cc(-c5ccccc5C(C)(C)C)c4)ccc2n3-c2ccccc2-c2ccccc2F)cc(-c2ccccc2C(C)(C)C)c1. The van der Waals surface area contributed by atoms with E-state index in [-0.39, 0.29) is 27.5 Å². The molecule has 388 valence electrons. The lowest BCUT2D eigenvalue weighted by Crippen LogP contribution is -2.13. The molecule has 0 amide bonds. The number of nitrogens with zero attached hydrogens (tertiary/aromatic N) is 1. The lowest BCUT2D eigenvalue weighted by atomic mass is 9.79. The van der Waals surface area contributed by atoms with Gasteiger partial charge in [-0.1, -0.05) is 229 Å². The monoisotopic (exact) mass is 1020 g/mol. The van der Waals surface area contributed by atoms with Crippen LogP contribution in [-0.2, 0) is 21.7 Å². The standard InChI is InChI=1S/C76H72FN/c1-73(2,3)65-31-19-13-25-57(65)53-41-51(42-54(45-53)58-26-14-20-32-66(58)74(4,5)6)49-37-39-71-63(47-49)64-48-50(38-40-72(64)78(71)70-36-24-18-30-62(70)61-29-17-23-35-69(61)77)52-43-55(59-27-15-21-33-67(59)75(7,8)9)46-56(44-52)60-28-16-22-34-68(60)76(10,11)12/h13-48H,1-12H3. The molecule has 78 heavy (non-hydrogen) atoms. The average Bonchev–Trinajstić information content (AvgIpc) is 3.93. The second-order valence-corrected chi connectivity index (χ2v) is 25.6. The Morgan fingerprint density at radius 3 is 0.872 bits per heavy atom. The first-order valence-corrected chi connectivity index (χ1v) is 27.8. The van der Waals surface area contributed by atoms with Gasteiger partial charge in [-0.15, -0.1) is 0 Å². The third-order valence-electron chi connectivity index (χ3n) is 15.8. The highest BCUT2D eigenvalue weighted by atomic mass is 19.1. The molecular formula is C76H72FN. The molecule has 1 heterocycles. The van der Waals surface area contributed by atoms with Crippen molar-refractivity contribution >= 4 is 21.8 Å². The van der Waals surface area contributed by atoms with E-state index in [0.29, 0.717) is 5.56 Å². The van der Waals surface area contributed by atoms with Gasteiger partial charge in [-0.3, -0.25) is 0 Å². The Bertz CT molecular complexity index is 3700. The highest BCUT2D eigenvalue weighted by molar-refractivity contribution is 6.12. The van der Waals surface area contributed by atoms with E-state index >= 15 is 4.39 Å². The van der Waals surface area contributed by atoms with E-state index in [1.54, 1.807) is 12.1 Å². The molecule has 1 nitrogen and oxygen atoms in total. The zero-order valence-electron chi connectivity index (χ0n) is 47.6. The van der Waals surface area contributed by atoms with Gasteiger partial charge in [0, 0.05) is 21.9 Å². The minimum absolute atomic E-state index is 0.0697. The van der Waals surface area contributed by atoms with Crippen LogP contribution in [0.15, 0.2) is 218 Å². The van der Waals surface area contributed by atoms with Crippen molar-refractivity contribution in [3.8, 4) is 83.6 Å². The largest absolute Gasteiger partial charge is 0.309 e. The first kappa shape index (κ1) is 52.0. The number of rotatable bonds is 8. The van der Waals surface area contributed by atoms with E-state index in [4.69, 9.17) is 0 Å². The topological polar surface area (TPSA) is 4.93 Å². The summed E-state index contributed by atoms with van der Waals surface area (Å²) in [4.78, 5) is 0. The lowest BCUT2D eigenvalue weighted by Gasteiger charge is -2.25. The molecule has 0 fully saturated rings. The van der Waals surface area contributed by atoms with Crippen LogP contribution in [0.4, 0.5) is 4.39 Å². The molecule has 2 heteroatoms. The molecule has 0 N–H and O–H groups in total. The Hall–Kier alpha value is -8.07. The Labute approximate surface area is 463 Å². The molecule has 11 rings (SSSR count). The maximum absolute atomic E-state index is 16.0. The van der Waals surface area contributed by atoms with E-state index in [9.17, 15) is 0 Å². The van der Waals surface area contributed by atoms with E-state index in [2.05, 4.69) is 270 Å². The van der Waals surface area contributed by atoms with Crippen molar-refractivity contribution in [2.24, 2.45) is 0 Å². The molecule has 0 spiro atoms. The van der Waals surface area contributed by atoms with Crippen LogP contribution in [0.5, 0.6) is 0 Å². The normalized spacial score (nSPS) is 12.4. The number of benzene rings is 10. The van der Waals surface area contributed by atoms with Crippen LogP contribution in [0.25, 0.3) is 105 Å². The Kier molecular flexibility index (Phi) is 13.2. The van der Waals surface area contributed by atoms with Crippen LogP contribution in [0.3, 0.4) is 0 Å². The first-order valence-electron chi connectivity index (χ1n) is 27.8. The summed E-state index contributed by atoms with van der Waals surface area (Å²) in [7, 11) is 0. The number of hydrogen-bond acceptors (Lipinski definition) is 0. The quantitative estimate of drug-likeness (QED) is 0.143. The third-order valence-corrected chi connectivity index (χ3v) is 15.8. The van der Waals surface area contributed by atoms with Crippen molar-refractivity contribution in [2.45, 2.75) is 105 Å². The second-order valence-electron chi connectivity index (χ2n) is 25.6. The Morgan fingerprint density at radius 1 is 0.256 bits per heavy atom. The first-order chi connectivity index (χ1) is 37.1. The fourth-order valence-corrected chi connectivity index (χ4v) is 12.0. The van der Waals surface area contributed by atoms with E-state index < -0.39 is 0 Å². The van der Waals surface area contributed by atoms with Crippen LogP contribution >= 0.6 is 0 Å². The van der Waals surface area contributed by atoms with Gasteiger partial charge in [0.15, 0.2) is 0 Å². The number of para-hydroxylation sites is 1. The average molecular weight is 1020 g/mol. The van der Waals surface area contributed by atoms with Crippen LogP contribution in [0.1, 0.15) is 105 Å². The van der Waals surface area contributed by atoms with Gasteiger partial charge in [-0.05, 0) is 183 Å². The molecule has 0 aliphatic carbocycles. The maximum atomic E-state index is 16.0. The van der Waals surface area contributed by atoms with Gasteiger partial charge in [0.2, 0.25) is 0 Å². The zero-order valence-corrected chi connectivity index (χ0v) is 47.6. The number of fused-ring (bicyclic) bond motifs is 3. The van der Waals surface area contributed by atoms with Crippen molar-refractivity contribution in [1.29, 1.82) is 0 Å². The maximum Gasteiger partial charge on any atom is 0.131 e.